The molecule has 0 amide bonds. The molecule has 0 radical (unpaired) electrons. The summed E-state index contributed by atoms with van der Waals surface area (Å²) in [5, 5.41) is 24.4. The first-order valence-corrected chi connectivity index (χ1v) is 12.9. The van der Waals surface area contributed by atoms with Crippen LogP contribution in [0, 0.1) is 17.8 Å². The van der Waals surface area contributed by atoms with E-state index < -0.39 is 0 Å². The highest BCUT2D eigenvalue weighted by molar-refractivity contribution is 6.15. The van der Waals surface area contributed by atoms with Crippen LogP contribution in [0.25, 0.3) is 0 Å². The van der Waals surface area contributed by atoms with Crippen molar-refractivity contribution in [2.24, 2.45) is 17.8 Å². The van der Waals surface area contributed by atoms with E-state index in [1.807, 2.05) is 13.8 Å². The SMILES string of the molecule is C=C1C(C)=C(O)CC2CC3Cc4c(C(=O)CNCC(C)OC)ccc(O)c4C(=O)C3=C(OC3CC3)C12. The highest BCUT2D eigenvalue weighted by Crippen LogP contribution is 2.54. The highest BCUT2D eigenvalue weighted by atomic mass is 16.5. The van der Waals surface area contributed by atoms with E-state index in [1.54, 1.807) is 13.2 Å². The number of methoxy groups -OCH3 is 1. The molecule has 36 heavy (non-hydrogen) atoms. The number of carbonyl (C=O) groups excluding carboxylic acids is 2. The molecule has 1 aromatic carbocycles. The lowest BCUT2D eigenvalue weighted by Gasteiger charge is -2.44. The van der Waals surface area contributed by atoms with Crippen LogP contribution in [0.5, 0.6) is 5.75 Å². The number of carbonyl (C=O) groups is 2. The van der Waals surface area contributed by atoms with Gasteiger partial charge in [-0.15, -0.1) is 0 Å². The van der Waals surface area contributed by atoms with E-state index in [4.69, 9.17) is 9.47 Å². The first kappa shape index (κ1) is 24.8. The topological polar surface area (TPSA) is 105 Å². The molecule has 192 valence electrons. The third-order valence-corrected chi connectivity index (χ3v) is 8.21. The number of aliphatic hydroxyl groups excluding tert-OH is 1. The van der Waals surface area contributed by atoms with E-state index in [0.29, 0.717) is 54.0 Å². The minimum Gasteiger partial charge on any atom is -0.512 e. The first-order chi connectivity index (χ1) is 17.2. The number of aromatic hydroxyl groups is 1. The Labute approximate surface area is 211 Å². The molecule has 4 aliphatic carbocycles. The Hall–Kier alpha value is -2.90. The number of benzene rings is 1. The van der Waals surface area contributed by atoms with Crippen LogP contribution < -0.4 is 5.32 Å². The zero-order chi connectivity index (χ0) is 25.7. The molecule has 5 rings (SSSR count). The van der Waals surface area contributed by atoms with Gasteiger partial charge < -0.3 is 25.0 Å². The second-order valence-corrected chi connectivity index (χ2v) is 10.7. The Kier molecular flexibility index (Phi) is 6.55. The molecule has 0 saturated heterocycles. The van der Waals surface area contributed by atoms with Crippen LogP contribution in [0.2, 0.25) is 0 Å². The van der Waals surface area contributed by atoms with Crippen LogP contribution in [-0.2, 0) is 15.9 Å². The van der Waals surface area contributed by atoms with Crippen molar-refractivity contribution in [3.63, 3.8) is 0 Å². The summed E-state index contributed by atoms with van der Waals surface area (Å²) in [6.07, 6.45) is 3.65. The van der Waals surface area contributed by atoms with Gasteiger partial charge in [-0.2, -0.15) is 0 Å². The van der Waals surface area contributed by atoms with Crippen LogP contribution >= 0.6 is 0 Å². The second-order valence-electron chi connectivity index (χ2n) is 10.7. The number of ketones is 2. The molecule has 1 aromatic rings. The van der Waals surface area contributed by atoms with Gasteiger partial charge in [-0.05, 0) is 80.2 Å². The number of ether oxygens (including phenoxy) is 2. The molecule has 4 atom stereocenters. The van der Waals surface area contributed by atoms with Gasteiger partial charge in [0, 0.05) is 37.1 Å². The molecule has 4 aliphatic rings. The third kappa shape index (κ3) is 4.28. The smallest absolute Gasteiger partial charge is 0.196 e. The lowest BCUT2D eigenvalue weighted by molar-refractivity contribution is 0.0890. The number of nitrogens with one attached hydrogen (secondary N) is 1. The molecule has 7 heteroatoms. The van der Waals surface area contributed by atoms with Gasteiger partial charge in [-0.1, -0.05) is 6.58 Å². The maximum Gasteiger partial charge on any atom is 0.196 e. The first-order valence-electron chi connectivity index (χ1n) is 12.9. The maximum atomic E-state index is 14.0. The molecule has 7 nitrogen and oxygen atoms in total. The standard InChI is InChI=1S/C29H35NO6/c1-14(35-4)12-30-13-24(33)20-7-8-22(31)27-21(20)10-17-9-18-11-23(32)15(2)16(3)25(18)29(26(17)28(27)34)36-19-5-6-19/h7-8,14,17-19,25,30-32H,3,5-6,9-13H2,1-2,4H3. The van der Waals surface area contributed by atoms with E-state index in [0.717, 1.165) is 24.0 Å². The number of aliphatic hydroxyl groups is 1. The summed E-state index contributed by atoms with van der Waals surface area (Å²) < 4.78 is 11.6. The Balaban J connectivity index is 1.54. The van der Waals surface area contributed by atoms with Gasteiger partial charge in [0.1, 0.15) is 11.5 Å². The van der Waals surface area contributed by atoms with Crippen molar-refractivity contribution in [1.29, 1.82) is 0 Å². The molecular formula is C29H35NO6. The Morgan fingerprint density at radius 1 is 1.25 bits per heavy atom. The zero-order valence-corrected chi connectivity index (χ0v) is 21.2. The molecule has 3 N–H and O–H groups in total. The third-order valence-electron chi connectivity index (χ3n) is 8.21. The van der Waals surface area contributed by atoms with E-state index in [2.05, 4.69) is 11.9 Å². The van der Waals surface area contributed by atoms with Gasteiger partial charge in [0.05, 0.1) is 30.1 Å². The average Bonchev–Trinajstić information content (AvgIpc) is 3.66. The monoisotopic (exact) mass is 493 g/mol. The fraction of sp³-hybridized carbons (Fsp3) is 0.517. The Morgan fingerprint density at radius 3 is 2.69 bits per heavy atom. The van der Waals surface area contributed by atoms with E-state index in [9.17, 15) is 19.8 Å². The normalized spacial score (nSPS) is 26.4. The van der Waals surface area contributed by atoms with Gasteiger partial charge in [-0.25, -0.2) is 0 Å². The molecule has 4 unspecified atom stereocenters. The summed E-state index contributed by atoms with van der Waals surface area (Å²) in [4.78, 5) is 27.1. The number of phenols is 1. The molecule has 0 bridgehead atoms. The van der Waals surface area contributed by atoms with E-state index in [1.165, 1.54) is 6.07 Å². The van der Waals surface area contributed by atoms with Crippen molar-refractivity contribution in [2.75, 3.05) is 20.2 Å². The molecule has 0 aromatic heterocycles. The molecule has 0 aliphatic heterocycles. The van der Waals surface area contributed by atoms with Crippen LogP contribution in [0.15, 0.2) is 46.9 Å². The molecule has 1 fully saturated rings. The summed E-state index contributed by atoms with van der Waals surface area (Å²) in [5.41, 5.74) is 3.46. The van der Waals surface area contributed by atoms with Crippen molar-refractivity contribution >= 4 is 11.6 Å². The number of rotatable bonds is 8. The summed E-state index contributed by atoms with van der Waals surface area (Å²) >= 11 is 0. The maximum absolute atomic E-state index is 14.0. The van der Waals surface area contributed by atoms with E-state index >= 15 is 0 Å². The quantitative estimate of drug-likeness (QED) is 0.461. The number of fused-ring (bicyclic) bond motifs is 3. The zero-order valence-electron chi connectivity index (χ0n) is 21.2. The van der Waals surface area contributed by atoms with Crippen molar-refractivity contribution in [3.05, 3.63) is 63.6 Å². The van der Waals surface area contributed by atoms with Gasteiger partial charge >= 0.3 is 0 Å². The summed E-state index contributed by atoms with van der Waals surface area (Å²) in [6, 6.07) is 3.06. The number of hydrogen-bond donors (Lipinski definition) is 3. The fourth-order valence-electron chi connectivity index (χ4n) is 5.96. The summed E-state index contributed by atoms with van der Waals surface area (Å²) in [6.45, 7) is 8.69. The van der Waals surface area contributed by atoms with Crippen LogP contribution in [0.1, 0.15) is 65.8 Å². The Bertz CT molecular complexity index is 1190. The van der Waals surface area contributed by atoms with Crippen molar-refractivity contribution < 1.29 is 29.3 Å². The van der Waals surface area contributed by atoms with Crippen LogP contribution in [0.4, 0.5) is 0 Å². The lowest BCUT2D eigenvalue weighted by atomic mass is 9.61. The van der Waals surface area contributed by atoms with Gasteiger partial charge in [0.15, 0.2) is 11.6 Å². The fourth-order valence-corrected chi connectivity index (χ4v) is 5.96. The Morgan fingerprint density at radius 2 is 2.00 bits per heavy atom. The predicted molar refractivity (Wildman–Crippen MR) is 135 cm³/mol. The largest absolute Gasteiger partial charge is 0.512 e. The van der Waals surface area contributed by atoms with E-state index in [-0.39, 0.29) is 59.4 Å². The van der Waals surface area contributed by atoms with Gasteiger partial charge in [0.2, 0.25) is 0 Å². The number of phenolic OH excluding ortho intramolecular Hbond substituents is 1. The lowest BCUT2D eigenvalue weighted by Crippen LogP contribution is -2.39. The summed E-state index contributed by atoms with van der Waals surface area (Å²) in [5.74, 6) is 0.300. The summed E-state index contributed by atoms with van der Waals surface area (Å²) in [7, 11) is 1.62. The minimum absolute atomic E-state index is 0.0276. The average molecular weight is 494 g/mol. The number of hydrogen-bond acceptors (Lipinski definition) is 7. The highest BCUT2D eigenvalue weighted by Gasteiger charge is 2.49. The number of Topliss-reactive ketones (excluding diaryl/α,β-unsaturated/α-hetero) is 2. The van der Waals surface area contributed by atoms with Crippen molar-refractivity contribution in [1.82, 2.24) is 5.32 Å². The molecule has 0 heterocycles. The second kappa shape index (κ2) is 9.52. The van der Waals surface area contributed by atoms with Crippen LogP contribution in [0.3, 0.4) is 0 Å². The van der Waals surface area contributed by atoms with Crippen molar-refractivity contribution in [2.45, 2.75) is 58.2 Å². The van der Waals surface area contributed by atoms with Gasteiger partial charge in [-0.3, -0.25) is 9.59 Å². The molecular weight excluding hydrogens is 458 g/mol. The van der Waals surface area contributed by atoms with Crippen LogP contribution in [-0.4, -0.2) is 54.2 Å². The predicted octanol–water partition coefficient (Wildman–Crippen LogP) is 4.42. The minimum atomic E-state index is -0.257. The molecule has 0 spiro atoms. The van der Waals surface area contributed by atoms with Gasteiger partial charge in [0.25, 0.3) is 0 Å². The molecule has 1 saturated carbocycles. The van der Waals surface area contributed by atoms with Crippen molar-refractivity contribution in [3.8, 4) is 5.75 Å². The number of allylic oxidation sites excluding steroid dienone is 4.